The lowest BCUT2D eigenvalue weighted by Crippen LogP contribution is -2.39. The lowest BCUT2D eigenvalue weighted by Gasteiger charge is -2.32. The van der Waals surface area contributed by atoms with E-state index in [1.54, 1.807) is 0 Å². The maximum atomic E-state index is 12.1. The van der Waals surface area contributed by atoms with Gasteiger partial charge in [0.15, 0.2) is 0 Å². The topological polar surface area (TPSA) is 29.1 Å². The zero-order valence-electron chi connectivity index (χ0n) is 10.5. The zero-order chi connectivity index (χ0) is 13.3. The Bertz CT molecular complexity index is 427. The van der Waals surface area contributed by atoms with Crippen LogP contribution in [0.5, 0.6) is 0 Å². The van der Waals surface area contributed by atoms with Gasteiger partial charge in [-0.15, -0.1) is 11.3 Å². The number of carbonyl (C=O) groups excluding carboxylic acids is 1. The summed E-state index contributed by atoms with van der Waals surface area (Å²) in [6, 6.07) is 2.21. The normalized spacial score (nSPS) is 28.1. The third-order valence-electron chi connectivity index (χ3n) is 3.80. The maximum absolute atomic E-state index is 12.1. The molecule has 1 aliphatic carbocycles. The summed E-state index contributed by atoms with van der Waals surface area (Å²) in [5.74, 6) is 1.53. The molecule has 1 fully saturated rings. The number of rotatable bonds is 2. The molecule has 0 spiro atoms. The molecular weight excluding hydrogens is 378 g/mol. The molecule has 3 unspecified atom stereocenters. The first kappa shape index (κ1) is 14.5. The van der Waals surface area contributed by atoms with E-state index in [4.69, 9.17) is 0 Å². The van der Waals surface area contributed by atoms with Crippen LogP contribution in [0.25, 0.3) is 0 Å². The summed E-state index contributed by atoms with van der Waals surface area (Å²) in [7, 11) is 0. The molecular formula is C13H17Br2NOS. The van der Waals surface area contributed by atoms with Gasteiger partial charge in [-0.3, -0.25) is 4.79 Å². The second-order valence-electron chi connectivity index (χ2n) is 5.17. The Labute approximate surface area is 129 Å². The van der Waals surface area contributed by atoms with Crippen LogP contribution in [0.1, 0.15) is 42.8 Å². The van der Waals surface area contributed by atoms with Crippen molar-refractivity contribution in [2.75, 3.05) is 0 Å². The number of thiophene rings is 1. The van der Waals surface area contributed by atoms with Crippen molar-refractivity contribution in [1.29, 1.82) is 0 Å². The number of halogens is 2. The molecule has 1 aromatic heterocycles. The summed E-state index contributed by atoms with van der Waals surface area (Å²) >= 11 is 8.30. The van der Waals surface area contributed by atoms with Crippen molar-refractivity contribution in [3.8, 4) is 0 Å². The molecule has 1 amide bonds. The van der Waals surface area contributed by atoms with Gasteiger partial charge in [0.05, 0.1) is 8.66 Å². The lowest BCUT2D eigenvalue weighted by atomic mass is 9.79. The van der Waals surface area contributed by atoms with Gasteiger partial charge >= 0.3 is 0 Å². The molecule has 1 heterocycles. The van der Waals surface area contributed by atoms with Crippen molar-refractivity contribution >= 4 is 49.1 Å². The van der Waals surface area contributed by atoms with E-state index in [2.05, 4.69) is 51.0 Å². The Hall–Kier alpha value is 0.130. The second-order valence-corrected chi connectivity index (χ2v) is 8.39. The minimum atomic E-state index is 0.0538. The first-order valence-electron chi connectivity index (χ1n) is 6.23. The van der Waals surface area contributed by atoms with Crippen LogP contribution in [-0.4, -0.2) is 11.9 Å². The Morgan fingerprint density at radius 3 is 2.61 bits per heavy atom. The van der Waals surface area contributed by atoms with Crippen molar-refractivity contribution < 1.29 is 4.79 Å². The first-order chi connectivity index (χ1) is 8.47. The van der Waals surface area contributed by atoms with E-state index in [0.717, 1.165) is 31.9 Å². The molecule has 1 saturated carbocycles. The van der Waals surface area contributed by atoms with E-state index >= 15 is 0 Å². The largest absolute Gasteiger partial charge is 0.349 e. The minimum absolute atomic E-state index is 0.0538. The van der Waals surface area contributed by atoms with Gasteiger partial charge in [0.2, 0.25) is 0 Å². The highest BCUT2D eigenvalue weighted by molar-refractivity contribution is 9.13. The fourth-order valence-electron chi connectivity index (χ4n) is 2.39. The average Bonchev–Trinajstić information content (AvgIpc) is 2.65. The Morgan fingerprint density at radius 1 is 1.33 bits per heavy atom. The van der Waals surface area contributed by atoms with Crippen molar-refractivity contribution in [1.82, 2.24) is 5.32 Å². The number of amides is 1. The number of carbonyl (C=O) groups is 1. The molecule has 1 aromatic rings. The maximum Gasteiger partial charge on any atom is 0.261 e. The van der Waals surface area contributed by atoms with Crippen molar-refractivity contribution in [3.05, 3.63) is 19.2 Å². The molecule has 0 aliphatic heterocycles. The zero-order valence-corrected chi connectivity index (χ0v) is 14.5. The molecule has 1 N–H and O–H groups in total. The van der Waals surface area contributed by atoms with Crippen LogP contribution in [0.3, 0.4) is 0 Å². The molecule has 1 aliphatic rings. The summed E-state index contributed by atoms with van der Waals surface area (Å²) in [6.45, 7) is 4.58. The lowest BCUT2D eigenvalue weighted by molar-refractivity contribution is 0.0914. The molecule has 0 aromatic carbocycles. The van der Waals surface area contributed by atoms with Crippen molar-refractivity contribution in [2.24, 2.45) is 11.8 Å². The molecule has 2 nitrogen and oxygen atoms in total. The SMILES string of the molecule is CC1CCC(NC(=O)c2cc(Br)c(Br)s2)CC1C. The number of hydrogen-bond donors (Lipinski definition) is 1. The average molecular weight is 395 g/mol. The molecule has 0 saturated heterocycles. The molecule has 0 radical (unpaired) electrons. The van der Waals surface area contributed by atoms with E-state index < -0.39 is 0 Å². The number of nitrogens with one attached hydrogen (secondary N) is 1. The Kier molecular flexibility index (Phi) is 4.89. The van der Waals surface area contributed by atoms with Crippen LogP contribution in [-0.2, 0) is 0 Å². The molecule has 5 heteroatoms. The van der Waals surface area contributed by atoms with Gasteiger partial charge in [0, 0.05) is 10.5 Å². The van der Waals surface area contributed by atoms with Crippen LogP contribution >= 0.6 is 43.2 Å². The third-order valence-corrected chi connectivity index (χ3v) is 7.06. The van der Waals surface area contributed by atoms with Crippen LogP contribution in [0.2, 0.25) is 0 Å². The quantitative estimate of drug-likeness (QED) is 0.764. The summed E-state index contributed by atoms with van der Waals surface area (Å²) in [5.41, 5.74) is 0. The van der Waals surface area contributed by atoms with Crippen molar-refractivity contribution in [2.45, 2.75) is 39.2 Å². The highest BCUT2D eigenvalue weighted by Crippen LogP contribution is 2.33. The third kappa shape index (κ3) is 3.36. The van der Waals surface area contributed by atoms with Gasteiger partial charge in [0.1, 0.15) is 0 Å². The fraction of sp³-hybridized carbons (Fsp3) is 0.615. The highest BCUT2D eigenvalue weighted by Gasteiger charge is 2.26. The van der Waals surface area contributed by atoms with Gasteiger partial charge in [-0.25, -0.2) is 0 Å². The second kappa shape index (κ2) is 6.06. The van der Waals surface area contributed by atoms with E-state index in [0.29, 0.717) is 12.0 Å². The Balaban J connectivity index is 1.95. The van der Waals surface area contributed by atoms with E-state index in [-0.39, 0.29) is 5.91 Å². The van der Waals surface area contributed by atoms with Crippen LogP contribution in [0.15, 0.2) is 14.3 Å². The molecule has 3 atom stereocenters. The van der Waals surface area contributed by atoms with Crippen LogP contribution in [0, 0.1) is 11.8 Å². The highest BCUT2D eigenvalue weighted by atomic mass is 79.9. The summed E-state index contributed by atoms with van der Waals surface area (Å²) in [5, 5.41) is 3.16. The standard InChI is InChI=1S/C13H17Br2NOS/c1-7-3-4-9(5-8(7)2)16-13(17)11-6-10(14)12(15)18-11/h6-9H,3-5H2,1-2H3,(H,16,17). The minimum Gasteiger partial charge on any atom is -0.349 e. The predicted molar refractivity (Wildman–Crippen MR) is 83.2 cm³/mol. The summed E-state index contributed by atoms with van der Waals surface area (Å²) in [4.78, 5) is 12.9. The monoisotopic (exact) mass is 393 g/mol. The fourth-order valence-corrected chi connectivity index (χ4v) is 4.33. The summed E-state index contributed by atoms with van der Waals surface area (Å²) < 4.78 is 1.92. The van der Waals surface area contributed by atoms with E-state index in [1.165, 1.54) is 17.8 Å². The molecule has 100 valence electrons. The number of hydrogen-bond acceptors (Lipinski definition) is 2. The smallest absolute Gasteiger partial charge is 0.261 e. The molecule has 0 bridgehead atoms. The van der Waals surface area contributed by atoms with Gasteiger partial charge in [0.25, 0.3) is 5.91 Å². The Morgan fingerprint density at radius 2 is 2.06 bits per heavy atom. The van der Waals surface area contributed by atoms with E-state index in [9.17, 15) is 4.79 Å². The molecule has 18 heavy (non-hydrogen) atoms. The van der Waals surface area contributed by atoms with Crippen LogP contribution in [0.4, 0.5) is 0 Å². The van der Waals surface area contributed by atoms with E-state index in [1.807, 2.05) is 6.07 Å². The van der Waals surface area contributed by atoms with Gasteiger partial charge < -0.3 is 5.32 Å². The van der Waals surface area contributed by atoms with Gasteiger partial charge in [-0.2, -0.15) is 0 Å². The van der Waals surface area contributed by atoms with Crippen LogP contribution < -0.4 is 5.32 Å². The van der Waals surface area contributed by atoms with Crippen molar-refractivity contribution in [3.63, 3.8) is 0 Å². The predicted octanol–water partition coefficient (Wildman–Crippen LogP) is 4.83. The summed E-state index contributed by atoms with van der Waals surface area (Å²) in [6.07, 6.45) is 3.41. The molecule has 2 rings (SSSR count). The van der Waals surface area contributed by atoms with Gasteiger partial charge in [-0.05, 0) is 69.0 Å². The van der Waals surface area contributed by atoms with Gasteiger partial charge in [-0.1, -0.05) is 13.8 Å². The first-order valence-corrected chi connectivity index (χ1v) is 8.63.